The molecular weight excluding hydrogens is 352 g/mol. The lowest BCUT2D eigenvalue weighted by Crippen LogP contribution is -2.44. The Bertz CT molecular complexity index is 508. The van der Waals surface area contributed by atoms with Gasteiger partial charge in [0.15, 0.2) is 9.84 Å². The monoisotopic (exact) mass is 398 g/mol. The normalized spacial score (nSPS) is 28.9. The van der Waals surface area contributed by atoms with Gasteiger partial charge in [0, 0.05) is 0 Å². The van der Waals surface area contributed by atoms with Crippen molar-refractivity contribution >= 4 is 9.84 Å². The zero-order valence-corrected chi connectivity index (χ0v) is 19.3. The lowest BCUT2D eigenvalue weighted by Gasteiger charge is -2.49. The fourth-order valence-corrected chi connectivity index (χ4v) is 7.90. The van der Waals surface area contributed by atoms with Crippen molar-refractivity contribution in [3.05, 3.63) is 0 Å². The maximum absolute atomic E-state index is 13.0. The first kappa shape index (κ1) is 23.2. The lowest BCUT2D eigenvalue weighted by atomic mass is 9.59. The van der Waals surface area contributed by atoms with Gasteiger partial charge >= 0.3 is 0 Å². The molecule has 0 saturated heterocycles. The van der Waals surface area contributed by atoms with Gasteiger partial charge in [0.2, 0.25) is 0 Å². The van der Waals surface area contributed by atoms with Crippen LogP contribution in [0.4, 0.5) is 0 Å². The molecule has 160 valence electrons. The quantitative estimate of drug-likeness (QED) is 0.338. The van der Waals surface area contributed by atoms with E-state index >= 15 is 0 Å². The van der Waals surface area contributed by atoms with E-state index in [2.05, 4.69) is 20.8 Å². The topological polar surface area (TPSA) is 34.1 Å². The molecule has 0 aromatic heterocycles. The summed E-state index contributed by atoms with van der Waals surface area (Å²) < 4.78 is 25.6. The molecule has 0 bridgehead atoms. The van der Waals surface area contributed by atoms with Crippen LogP contribution >= 0.6 is 0 Å². The predicted molar refractivity (Wildman–Crippen MR) is 118 cm³/mol. The second-order valence-electron chi connectivity index (χ2n) is 9.98. The van der Waals surface area contributed by atoms with Gasteiger partial charge in [0.25, 0.3) is 0 Å². The van der Waals surface area contributed by atoms with E-state index in [9.17, 15) is 8.42 Å². The Morgan fingerprint density at radius 1 is 0.778 bits per heavy atom. The average molecular weight is 399 g/mol. The zero-order chi connectivity index (χ0) is 19.8. The molecule has 0 heterocycles. The molecule has 2 aliphatic rings. The second kappa shape index (κ2) is 10.6. The van der Waals surface area contributed by atoms with Gasteiger partial charge in [0.05, 0.1) is 10.5 Å². The molecule has 2 fully saturated rings. The molecule has 0 radical (unpaired) electrons. The fraction of sp³-hybridized carbons (Fsp3) is 1.00. The van der Waals surface area contributed by atoms with Gasteiger partial charge in [-0.3, -0.25) is 0 Å². The number of unbranched alkanes of at least 4 members (excludes halogenated alkanes) is 5. The maximum atomic E-state index is 13.0. The Labute approximate surface area is 170 Å². The summed E-state index contributed by atoms with van der Waals surface area (Å²) in [4.78, 5) is 0. The van der Waals surface area contributed by atoms with Crippen LogP contribution in [0.2, 0.25) is 0 Å². The summed E-state index contributed by atoms with van der Waals surface area (Å²) >= 11 is 0. The Balaban J connectivity index is 1.96. The largest absolute Gasteiger partial charge is 0.228 e. The summed E-state index contributed by atoms with van der Waals surface area (Å²) in [6.07, 6.45) is 20.8. The molecule has 0 atom stereocenters. The van der Waals surface area contributed by atoms with Crippen LogP contribution in [0, 0.1) is 11.3 Å². The van der Waals surface area contributed by atoms with Crippen LogP contribution in [0.25, 0.3) is 0 Å². The van der Waals surface area contributed by atoms with Crippen LogP contribution in [0.1, 0.15) is 130 Å². The van der Waals surface area contributed by atoms with Crippen LogP contribution in [-0.4, -0.2) is 18.9 Å². The van der Waals surface area contributed by atoms with Gasteiger partial charge in [0.1, 0.15) is 0 Å². The van der Waals surface area contributed by atoms with E-state index in [1.807, 2.05) is 0 Å². The molecule has 0 spiro atoms. The highest BCUT2D eigenvalue weighted by atomic mass is 32.2. The van der Waals surface area contributed by atoms with Crippen molar-refractivity contribution in [2.75, 3.05) is 5.75 Å². The highest BCUT2D eigenvalue weighted by Gasteiger charge is 2.47. The van der Waals surface area contributed by atoms with E-state index in [1.165, 1.54) is 64.2 Å². The van der Waals surface area contributed by atoms with E-state index in [1.54, 1.807) is 0 Å². The van der Waals surface area contributed by atoms with Crippen molar-refractivity contribution < 1.29 is 8.42 Å². The Morgan fingerprint density at radius 2 is 1.37 bits per heavy atom. The third kappa shape index (κ3) is 5.97. The minimum absolute atomic E-state index is 0.413. The van der Waals surface area contributed by atoms with Gasteiger partial charge in [-0.05, 0) is 69.6 Å². The molecule has 3 heteroatoms. The van der Waals surface area contributed by atoms with Gasteiger partial charge in [-0.2, -0.15) is 0 Å². The molecule has 0 aromatic rings. The molecule has 0 amide bonds. The van der Waals surface area contributed by atoms with E-state index < -0.39 is 14.6 Å². The molecular formula is C24H46O2S. The van der Waals surface area contributed by atoms with Crippen LogP contribution in [0.3, 0.4) is 0 Å². The van der Waals surface area contributed by atoms with Crippen LogP contribution in [0.15, 0.2) is 0 Å². The highest BCUT2D eigenvalue weighted by Crippen LogP contribution is 2.53. The number of sulfone groups is 1. The second-order valence-corrected chi connectivity index (χ2v) is 12.6. The average Bonchev–Trinajstić information content (AvgIpc) is 2.67. The predicted octanol–water partition coefficient (Wildman–Crippen LogP) is 7.46. The van der Waals surface area contributed by atoms with E-state index in [0.29, 0.717) is 11.2 Å². The molecule has 2 aliphatic carbocycles. The molecule has 2 rings (SSSR count). The summed E-state index contributed by atoms with van der Waals surface area (Å²) in [7, 11) is -2.96. The van der Waals surface area contributed by atoms with Gasteiger partial charge in [-0.15, -0.1) is 0 Å². The first-order valence-corrected chi connectivity index (χ1v) is 13.8. The lowest BCUT2D eigenvalue weighted by molar-refractivity contribution is 0.0485. The Hall–Kier alpha value is -0.0500. The smallest absolute Gasteiger partial charge is 0.155 e. The molecule has 27 heavy (non-hydrogen) atoms. The van der Waals surface area contributed by atoms with Crippen molar-refractivity contribution in [2.24, 2.45) is 11.3 Å². The molecule has 2 saturated carbocycles. The van der Waals surface area contributed by atoms with E-state index in [4.69, 9.17) is 0 Å². The number of hydrogen-bond donors (Lipinski definition) is 0. The van der Waals surface area contributed by atoms with Gasteiger partial charge in [-0.1, -0.05) is 71.6 Å². The summed E-state index contributed by atoms with van der Waals surface area (Å²) in [5, 5.41) is 0. The van der Waals surface area contributed by atoms with Crippen LogP contribution in [0.5, 0.6) is 0 Å². The molecule has 0 aliphatic heterocycles. The summed E-state index contributed by atoms with van der Waals surface area (Å²) in [5.41, 5.74) is 0.541. The summed E-state index contributed by atoms with van der Waals surface area (Å²) in [6.45, 7) is 6.53. The van der Waals surface area contributed by atoms with Crippen molar-refractivity contribution in [2.45, 2.75) is 135 Å². The summed E-state index contributed by atoms with van der Waals surface area (Å²) in [6, 6.07) is 0. The number of rotatable bonds is 11. The first-order chi connectivity index (χ1) is 12.9. The van der Waals surface area contributed by atoms with E-state index in [0.717, 1.165) is 50.9 Å². The fourth-order valence-electron chi connectivity index (χ4n) is 5.96. The molecule has 0 unspecified atom stereocenters. The van der Waals surface area contributed by atoms with Crippen LogP contribution < -0.4 is 0 Å². The highest BCUT2D eigenvalue weighted by molar-refractivity contribution is 7.92. The number of hydrogen-bond acceptors (Lipinski definition) is 2. The van der Waals surface area contributed by atoms with Crippen molar-refractivity contribution in [3.63, 3.8) is 0 Å². The molecule has 0 aromatic carbocycles. The maximum Gasteiger partial charge on any atom is 0.155 e. The molecule has 2 nitrogen and oxygen atoms in total. The third-order valence-electron chi connectivity index (χ3n) is 8.05. The molecule has 0 N–H and O–H groups in total. The Morgan fingerprint density at radius 3 is 1.96 bits per heavy atom. The van der Waals surface area contributed by atoms with E-state index in [-0.39, 0.29) is 0 Å². The third-order valence-corrected chi connectivity index (χ3v) is 10.8. The van der Waals surface area contributed by atoms with Gasteiger partial charge < -0.3 is 0 Å². The zero-order valence-electron chi connectivity index (χ0n) is 18.5. The SMILES string of the molecule is CCCCCCS(=O)(=O)C1(C)CCC(C2(CCCCC)CCCCC2)CC1. The van der Waals surface area contributed by atoms with Crippen molar-refractivity contribution in [3.8, 4) is 0 Å². The standard InChI is InChI=1S/C24H46O2S/c1-4-6-8-13-21-27(25,26)23(3)19-14-22(15-20-23)24(16-10-7-5-2)17-11-9-12-18-24/h22H,4-21H2,1-3H3. The van der Waals surface area contributed by atoms with Crippen molar-refractivity contribution in [1.29, 1.82) is 0 Å². The minimum atomic E-state index is -2.96. The Kier molecular flexibility index (Phi) is 9.16. The van der Waals surface area contributed by atoms with Crippen LogP contribution in [-0.2, 0) is 9.84 Å². The summed E-state index contributed by atoms with van der Waals surface area (Å²) in [5.74, 6) is 1.19. The van der Waals surface area contributed by atoms with Gasteiger partial charge in [-0.25, -0.2) is 8.42 Å². The minimum Gasteiger partial charge on any atom is -0.228 e. The van der Waals surface area contributed by atoms with Crippen molar-refractivity contribution in [1.82, 2.24) is 0 Å². The first-order valence-electron chi connectivity index (χ1n) is 12.1.